The number of nitrogens with one attached hydrogen (secondary N) is 1. The number of alkyl halides is 1. The van der Waals surface area contributed by atoms with Crippen LogP contribution in [-0.4, -0.2) is 34.6 Å². The van der Waals surface area contributed by atoms with Gasteiger partial charge in [-0.3, -0.25) is 4.84 Å². The molecule has 0 heterocycles. The molecule has 0 radical (unpaired) electrons. The molecule has 102 valence electrons. The highest BCUT2D eigenvalue weighted by Crippen LogP contribution is 2.11. The fraction of sp³-hybridized carbons (Fsp3) is 0.455. The van der Waals surface area contributed by atoms with Crippen LogP contribution in [0.25, 0.3) is 0 Å². The smallest absolute Gasteiger partial charge is 0.262 e. The van der Waals surface area contributed by atoms with Gasteiger partial charge in [0.25, 0.3) is 10.0 Å². The molecular weight excluding hydrogens is 278 g/mol. The van der Waals surface area contributed by atoms with E-state index in [0.717, 1.165) is 5.56 Å². The van der Waals surface area contributed by atoms with Gasteiger partial charge in [-0.2, -0.15) is 0 Å². The molecule has 0 bridgehead atoms. The second-order valence-corrected chi connectivity index (χ2v) is 5.53. The Balaban J connectivity index is 2.61. The third-order valence-corrected chi connectivity index (χ3v) is 3.59. The molecule has 1 aromatic rings. The Hall–Kier alpha value is -0.660. The molecule has 0 saturated heterocycles. The van der Waals surface area contributed by atoms with Crippen molar-refractivity contribution in [3.63, 3.8) is 0 Å². The van der Waals surface area contributed by atoms with E-state index in [2.05, 4.69) is 0 Å². The van der Waals surface area contributed by atoms with Crippen LogP contribution in [0.3, 0.4) is 0 Å². The summed E-state index contributed by atoms with van der Waals surface area (Å²) >= 11 is 5.60. The lowest BCUT2D eigenvalue weighted by atomic mass is 10.2. The monoisotopic (exact) mass is 293 g/mol. The van der Waals surface area contributed by atoms with Crippen LogP contribution in [0.5, 0.6) is 0 Å². The van der Waals surface area contributed by atoms with Crippen molar-refractivity contribution in [2.75, 3.05) is 26.2 Å². The van der Waals surface area contributed by atoms with Crippen LogP contribution in [-0.2, 0) is 26.0 Å². The Morgan fingerprint density at radius 3 is 2.44 bits per heavy atom. The lowest BCUT2D eigenvalue weighted by molar-refractivity contribution is 0.0438. The summed E-state index contributed by atoms with van der Waals surface area (Å²) in [5.41, 5.74) is 0.990. The number of rotatable bonds is 8. The molecule has 0 saturated carbocycles. The minimum atomic E-state index is -3.63. The fourth-order valence-electron chi connectivity index (χ4n) is 1.24. The molecule has 0 unspecified atom stereocenters. The lowest BCUT2D eigenvalue weighted by Crippen LogP contribution is -2.25. The number of halogens is 1. The maximum Gasteiger partial charge on any atom is 0.262 e. The van der Waals surface area contributed by atoms with Gasteiger partial charge in [-0.15, -0.1) is 11.6 Å². The van der Waals surface area contributed by atoms with Crippen molar-refractivity contribution in [3.8, 4) is 0 Å². The lowest BCUT2D eigenvalue weighted by Gasteiger charge is -2.07. The Morgan fingerprint density at radius 2 is 1.89 bits per heavy atom. The zero-order valence-corrected chi connectivity index (χ0v) is 11.6. The normalized spacial score (nSPS) is 11.7. The first-order valence-electron chi connectivity index (χ1n) is 5.37. The van der Waals surface area contributed by atoms with Crippen molar-refractivity contribution in [2.24, 2.45) is 0 Å². The van der Waals surface area contributed by atoms with Crippen LogP contribution in [0.4, 0.5) is 0 Å². The van der Waals surface area contributed by atoms with Gasteiger partial charge in [0.15, 0.2) is 0 Å². The number of sulfonamides is 1. The van der Waals surface area contributed by atoms with E-state index in [0.29, 0.717) is 18.9 Å². The second kappa shape index (κ2) is 7.70. The summed E-state index contributed by atoms with van der Waals surface area (Å²) in [7, 11) is -2.13. The molecule has 0 fully saturated rings. The predicted octanol–water partition coefficient (Wildman–Crippen LogP) is 1.32. The van der Waals surface area contributed by atoms with E-state index in [1.165, 1.54) is 19.2 Å². The van der Waals surface area contributed by atoms with E-state index in [-0.39, 0.29) is 11.5 Å². The Bertz CT molecular complexity index is 447. The summed E-state index contributed by atoms with van der Waals surface area (Å²) < 4.78 is 28.3. The standard InChI is InChI=1S/C11H16ClNO4S/c1-16-8-9-17-13-18(14,15)11-4-2-10(3-5-11)6-7-12/h2-5,13H,6-9H2,1H3. The Labute approximate surface area is 112 Å². The number of hydrogen-bond donors (Lipinski definition) is 1. The number of benzene rings is 1. The second-order valence-electron chi connectivity index (χ2n) is 3.51. The average Bonchev–Trinajstić information content (AvgIpc) is 2.36. The van der Waals surface area contributed by atoms with E-state index in [1.54, 1.807) is 12.1 Å². The molecule has 0 aliphatic carbocycles. The third-order valence-electron chi connectivity index (χ3n) is 2.17. The van der Waals surface area contributed by atoms with E-state index in [1.807, 2.05) is 4.89 Å². The molecule has 0 amide bonds. The van der Waals surface area contributed by atoms with Crippen molar-refractivity contribution in [2.45, 2.75) is 11.3 Å². The van der Waals surface area contributed by atoms with Crippen molar-refractivity contribution >= 4 is 21.6 Å². The molecular formula is C11H16ClNO4S. The van der Waals surface area contributed by atoms with Gasteiger partial charge < -0.3 is 4.74 Å². The van der Waals surface area contributed by atoms with Crippen molar-refractivity contribution in [3.05, 3.63) is 29.8 Å². The summed E-state index contributed by atoms with van der Waals surface area (Å²) in [5.74, 6) is 0.504. The third kappa shape index (κ3) is 4.91. The molecule has 5 nitrogen and oxygen atoms in total. The maximum atomic E-state index is 11.8. The van der Waals surface area contributed by atoms with Crippen LogP contribution >= 0.6 is 11.6 Å². The van der Waals surface area contributed by atoms with Crippen LogP contribution in [0.1, 0.15) is 5.56 Å². The van der Waals surface area contributed by atoms with Crippen molar-refractivity contribution in [1.29, 1.82) is 0 Å². The summed E-state index contributed by atoms with van der Waals surface area (Å²) in [6, 6.07) is 6.49. The molecule has 1 N–H and O–H groups in total. The van der Waals surface area contributed by atoms with Crippen molar-refractivity contribution in [1.82, 2.24) is 4.89 Å². The van der Waals surface area contributed by atoms with Gasteiger partial charge >= 0.3 is 0 Å². The molecule has 0 aliphatic rings. The zero-order valence-electron chi connectivity index (χ0n) is 10.1. The van der Waals surface area contributed by atoms with Crippen molar-refractivity contribution < 1.29 is 18.0 Å². The van der Waals surface area contributed by atoms with E-state index in [4.69, 9.17) is 21.2 Å². The summed E-state index contributed by atoms with van der Waals surface area (Å²) in [4.78, 5) is 6.97. The van der Waals surface area contributed by atoms with Gasteiger partial charge in [-0.1, -0.05) is 17.0 Å². The van der Waals surface area contributed by atoms with Gasteiger partial charge in [0.2, 0.25) is 0 Å². The topological polar surface area (TPSA) is 64.6 Å². The highest BCUT2D eigenvalue weighted by Gasteiger charge is 2.13. The molecule has 18 heavy (non-hydrogen) atoms. The highest BCUT2D eigenvalue weighted by molar-refractivity contribution is 7.89. The zero-order chi connectivity index (χ0) is 13.4. The maximum absolute atomic E-state index is 11.8. The quantitative estimate of drug-likeness (QED) is 0.446. The summed E-state index contributed by atoms with van der Waals surface area (Å²) in [5, 5.41) is 0. The molecule has 7 heteroatoms. The first-order valence-corrected chi connectivity index (χ1v) is 7.39. The minimum Gasteiger partial charge on any atom is -0.382 e. The average molecular weight is 294 g/mol. The van der Waals surface area contributed by atoms with Crippen LogP contribution in [0.15, 0.2) is 29.2 Å². The van der Waals surface area contributed by atoms with Gasteiger partial charge in [-0.25, -0.2) is 8.42 Å². The van der Waals surface area contributed by atoms with E-state index >= 15 is 0 Å². The number of ether oxygens (including phenoxy) is 1. The first-order chi connectivity index (χ1) is 8.60. The van der Waals surface area contributed by atoms with Crippen LogP contribution in [0, 0.1) is 0 Å². The molecule has 0 spiro atoms. The largest absolute Gasteiger partial charge is 0.382 e. The summed E-state index contributed by atoms with van der Waals surface area (Å²) in [6.07, 6.45) is 0.708. The van der Waals surface area contributed by atoms with E-state index < -0.39 is 10.0 Å². The minimum absolute atomic E-state index is 0.151. The van der Waals surface area contributed by atoms with Gasteiger partial charge in [0, 0.05) is 13.0 Å². The molecule has 1 rings (SSSR count). The number of methoxy groups -OCH3 is 1. The summed E-state index contributed by atoms with van der Waals surface area (Å²) in [6.45, 7) is 0.469. The number of aryl methyl sites for hydroxylation is 1. The molecule has 0 aliphatic heterocycles. The molecule has 1 aromatic carbocycles. The fourth-order valence-corrected chi connectivity index (χ4v) is 2.28. The predicted molar refractivity (Wildman–Crippen MR) is 69.0 cm³/mol. The van der Waals surface area contributed by atoms with Gasteiger partial charge in [-0.05, 0) is 24.1 Å². The molecule has 0 atom stereocenters. The van der Waals surface area contributed by atoms with E-state index in [9.17, 15) is 8.42 Å². The molecule has 0 aromatic heterocycles. The van der Waals surface area contributed by atoms with Crippen LogP contribution < -0.4 is 4.89 Å². The van der Waals surface area contributed by atoms with Gasteiger partial charge in [0.1, 0.15) is 0 Å². The van der Waals surface area contributed by atoms with Gasteiger partial charge in [0.05, 0.1) is 18.1 Å². The first kappa shape index (κ1) is 15.4. The SMILES string of the molecule is COCCONS(=O)(=O)c1ccc(CCCl)cc1. The highest BCUT2D eigenvalue weighted by atomic mass is 35.5. The van der Waals surface area contributed by atoms with Crippen LogP contribution in [0.2, 0.25) is 0 Å². The number of hydrogen-bond acceptors (Lipinski definition) is 4. The Kier molecular flexibility index (Phi) is 6.59. The Morgan fingerprint density at radius 1 is 1.22 bits per heavy atom.